The van der Waals surface area contributed by atoms with E-state index in [0.29, 0.717) is 6.04 Å². The van der Waals surface area contributed by atoms with Crippen LogP contribution in [-0.4, -0.2) is 12.6 Å². The van der Waals surface area contributed by atoms with Crippen molar-refractivity contribution in [3.63, 3.8) is 0 Å². The smallest absolute Gasteiger partial charge is 0.0485 e. The van der Waals surface area contributed by atoms with Gasteiger partial charge in [0.1, 0.15) is 0 Å². The van der Waals surface area contributed by atoms with Gasteiger partial charge in [0.2, 0.25) is 0 Å². The summed E-state index contributed by atoms with van der Waals surface area (Å²) in [7, 11) is 0. The number of anilines is 1. The lowest BCUT2D eigenvalue weighted by molar-refractivity contribution is 0.526. The molecule has 2 N–H and O–H groups in total. The minimum atomic E-state index is 0.342. The molecule has 0 aliphatic rings. The highest BCUT2D eigenvalue weighted by Gasteiger charge is 2.10. The zero-order valence-corrected chi connectivity index (χ0v) is 15.7. The van der Waals surface area contributed by atoms with Gasteiger partial charge in [-0.3, -0.25) is 0 Å². The molecule has 3 heteroatoms. The lowest BCUT2D eigenvalue weighted by atomic mass is 10.1. The molecule has 0 aliphatic carbocycles. The van der Waals surface area contributed by atoms with Gasteiger partial charge in [-0.15, -0.1) is 0 Å². The van der Waals surface area contributed by atoms with Crippen LogP contribution in [0.15, 0.2) is 89.4 Å². The summed E-state index contributed by atoms with van der Waals surface area (Å²) < 4.78 is 1.09. The Hall–Kier alpha value is -2.10. The molecule has 3 aromatic carbocycles. The van der Waals surface area contributed by atoms with E-state index in [1.807, 2.05) is 6.07 Å². The molecule has 0 spiro atoms. The molecule has 0 unspecified atom stereocenters. The molecule has 128 valence electrons. The van der Waals surface area contributed by atoms with Gasteiger partial charge in [0.15, 0.2) is 0 Å². The molecule has 25 heavy (non-hydrogen) atoms. The Bertz CT molecular complexity index is 759. The van der Waals surface area contributed by atoms with Crippen LogP contribution in [0.2, 0.25) is 0 Å². The molecule has 0 aromatic heterocycles. The van der Waals surface area contributed by atoms with Crippen molar-refractivity contribution in [1.82, 2.24) is 5.32 Å². The minimum absolute atomic E-state index is 0.342. The fourth-order valence-corrected chi connectivity index (χ4v) is 3.24. The Kier molecular flexibility index (Phi) is 6.66. The molecule has 0 amide bonds. The van der Waals surface area contributed by atoms with E-state index in [1.165, 1.54) is 11.1 Å². The second kappa shape index (κ2) is 9.40. The molecular formula is C22H23BrN2. The van der Waals surface area contributed by atoms with Gasteiger partial charge in [0, 0.05) is 29.3 Å². The normalized spacial score (nSPS) is 11.9. The van der Waals surface area contributed by atoms with Crippen LogP contribution in [0.4, 0.5) is 5.69 Å². The maximum atomic E-state index is 3.70. The lowest BCUT2D eigenvalue weighted by Gasteiger charge is -2.21. The number of nitrogens with one attached hydrogen (secondary N) is 2. The van der Waals surface area contributed by atoms with E-state index >= 15 is 0 Å². The van der Waals surface area contributed by atoms with Gasteiger partial charge in [0.05, 0.1) is 0 Å². The first-order valence-corrected chi connectivity index (χ1v) is 9.40. The first-order chi connectivity index (χ1) is 12.3. The molecular weight excluding hydrogens is 372 g/mol. The number of para-hydroxylation sites is 1. The largest absolute Gasteiger partial charge is 0.383 e. The summed E-state index contributed by atoms with van der Waals surface area (Å²) in [6.45, 7) is 1.74. The second-order valence-electron chi connectivity index (χ2n) is 6.11. The molecule has 0 radical (unpaired) electrons. The lowest BCUT2D eigenvalue weighted by Crippen LogP contribution is -2.37. The van der Waals surface area contributed by atoms with Crippen LogP contribution in [0.5, 0.6) is 0 Å². The molecule has 0 bridgehead atoms. The minimum Gasteiger partial charge on any atom is -0.383 e. The van der Waals surface area contributed by atoms with Crippen LogP contribution in [0, 0.1) is 0 Å². The van der Waals surface area contributed by atoms with Gasteiger partial charge in [0.25, 0.3) is 0 Å². The van der Waals surface area contributed by atoms with E-state index in [9.17, 15) is 0 Å². The monoisotopic (exact) mass is 394 g/mol. The standard InChI is InChI=1S/C22H23BrN2/c23-21-13-7-8-14-22(21)25-17-20(15-18-9-3-1-4-10-18)24-16-19-11-5-2-6-12-19/h1-14,20,24-25H,15-17H2/t20-/m0/s1. The molecule has 2 nitrogen and oxygen atoms in total. The molecule has 3 rings (SSSR count). The van der Waals surface area contributed by atoms with Gasteiger partial charge in [-0.1, -0.05) is 72.8 Å². The highest BCUT2D eigenvalue weighted by molar-refractivity contribution is 9.10. The maximum Gasteiger partial charge on any atom is 0.0485 e. The highest BCUT2D eigenvalue weighted by atomic mass is 79.9. The van der Waals surface area contributed by atoms with Crippen molar-refractivity contribution < 1.29 is 0 Å². The number of hydrogen-bond acceptors (Lipinski definition) is 2. The third-order valence-corrected chi connectivity index (χ3v) is 4.87. The van der Waals surface area contributed by atoms with Crippen LogP contribution >= 0.6 is 15.9 Å². The molecule has 0 aliphatic heterocycles. The van der Waals surface area contributed by atoms with Crippen molar-refractivity contribution in [1.29, 1.82) is 0 Å². The van der Waals surface area contributed by atoms with Gasteiger partial charge < -0.3 is 10.6 Å². The van der Waals surface area contributed by atoms with E-state index in [4.69, 9.17) is 0 Å². The second-order valence-corrected chi connectivity index (χ2v) is 6.97. The topological polar surface area (TPSA) is 24.1 Å². The fourth-order valence-electron chi connectivity index (χ4n) is 2.81. The zero-order chi connectivity index (χ0) is 17.3. The number of hydrogen-bond donors (Lipinski definition) is 2. The molecule has 0 saturated heterocycles. The third-order valence-electron chi connectivity index (χ3n) is 4.18. The Labute approximate surface area is 158 Å². The van der Waals surface area contributed by atoms with Gasteiger partial charge >= 0.3 is 0 Å². The van der Waals surface area contributed by atoms with Crippen molar-refractivity contribution in [3.8, 4) is 0 Å². The van der Waals surface area contributed by atoms with E-state index in [1.54, 1.807) is 0 Å². The van der Waals surface area contributed by atoms with E-state index < -0.39 is 0 Å². The summed E-state index contributed by atoms with van der Waals surface area (Å²) in [6.07, 6.45) is 0.991. The van der Waals surface area contributed by atoms with Crippen molar-refractivity contribution >= 4 is 21.6 Å². The fraction of sp³-hybridized carbons (Fsp3) is 0.182. The summed E-state index contributed by atoms with van der Waals surface area (Å²) in [5.41, 5.74) is 3.78. The summed E-state index contributed by atoms with van der Waals surface area (Å²) in [4.78, 5) is 0. The number of benzene rings is 3. The van der Waals surface area contributed by atoms with Gasteiger partial charge in [-0.05, 0) is 45.6 Å². The predicted molar refractivity (Wildman–Crippen MR) is 110 cm³/mol. The summed E-state index contributed by atoms with van der Waals surface area (Å²) in [6, 6.07) is 29.8. The summed E-state index contributed by atoms with van der Waals surface area (Å²) in [5.74, 6) is 0. The van der Waals surface area contributed by atoms with E-state index in [0.717, 1.165) is 29.7 Å². The Morgan fingerprint density at radius 3 is 2.00 bits per heavy atom. The SMILES string of the molecule is Brc1ccccc1NC[C@H](Cc1ccccc1)NCc1ccccc1. The Morgan fingerprint density at radius 1 is 0.720 bits per heavy atom. The van der Waals surface area contributed by atoms with E-state index in [-0.39, 0.29) is 0 Å². The van der Waals surface area contributed by atoms with Gasteiger partial charge in [-0.25, -0.2) is 0 Å². The summed E-state index contributed by atoms with van der Waals surface area (Å²) in [5, 5.41) is 7.26. The average Bonchev–Trinajstić information content (AvgIpc) is 2.67. The molecule has 0 saturated carbocycles. The molecule has 1 atom stereocenters. The van der Waals surface area contributed by atoms with E-state index in [2.05, 4.69) is 105 Å². The maximum absolute atomic E-state index is 3.70. The Balaban J connectivity index is 1.64. The van der Waals surface area contributed by atoms with Crippen molar-refractivity contribution in [3.05, 3.63) is 101 Å². The summed E-state index contributed by atoms with van der Waals surface area (Å²) >= 11 is 3.61. The van der Waals surface area contributed by atoms with Crippen LogP contribution < -0.4 is 10.6 Å². The Morgan fingerprint density at radius 2 is 1.32 bits per heavy atom. The van der Waals surface area contributed by atoms with Crippen LogP contribution in [0.1, 0.15) is 11.1 Å². The molecule has 0 heterocycles. The number of rotatable bonds is 8. The molecule has 3 aromatic rings. The predicted octanol–water partition coefficient (Wildman–Crippen LogP) is 5.26. The quantitative estimate of drug-likeness (QED) is 0.544. The van der Waals surface area contributed by atoms with Crippen molar-refractivity contribution in [2.45, 2.75) is 19.0 Å². The van der Waals surface area contributed by atoms with Crippen LogP contribution in [0.25, 0.3) is 0 Å². The zero-order valence-electron chi connectivity index (χ0n) is 14.2. The number of halogens is 1. The van der Waals surface area contributed by atoms with Crippen molar-refractivity contribution in [2.24, 2.45) is 0 Å². The van der Waals surface area contributed by atoms with Crippen LogP contribution in [-0.2, 0) is 13.0 Å². The first kappa shape index (κ1) is 17.7. The third kappa shape index (κ3) is 5.73. The highest BCUT2D eigenvalue weighted by Crippen LogP contribution is 2.21. The first-order valence-electron chi connectivity index (χ1n) is 8.61. The van der Waals surface area contributed by atoms with Crippen molar-refractivity contribution in [2.75, 3.05) is 11.9 Å². The van der Waals surface area contributed by atoms with Gasteiger partial charge in [-0.2, -0.15) is 0 Å². The molecule has 0 fully saturated rings. The van der Waals surface area contributed by atoms with Crippen LogP contribution in [0.3, 0.4) is 0 Å². The average molecular weight is 395 g/mol.